The number of nitrogens with one attached hydrogen (secondary N) is 3. The fraction of sp³-hybridized carbons (Fsp3) is 0.312. The molecule has 0 aliphatic carbocycles. The van der Waals surface area contributed by atoms with Crippen molar-refractivity contribution in [2.24, 2.45) is 0 Å². The molecule has 26 heavy (non-hydrogen) atoms. The number of rotatable bonds is 8. The molecule has 0 fully saturated rings. The van der Waals surface area contributed by atoms with Crippen LogP contribution in [-0.4, -0.2) is 52.3 Å². The second-order valence-corrected chi connectivity index (χ2v) is 7.24. The quantitative estimate of drug-likeness (QED) is 0.421. The fourth-order valence-electron chi connectivity index (χ4n) is 2.00. The summed E-state index contributed by atoms with van der Waals surface area (Å²) in [6.07, 6.45) is 0.557. The molecule has 0 radical (unpaired) electrons. The standard InChI is InChI=1S/C16H19BrN4O4S/c1-9(14(24)21-16-18-4-5-26-16)20-13-3-2-10(17)6-12(13)15(25)19-7-11(23)8-22/h2-6,9,11,20,22-23H,7-8H2,1H3,(H,19,25)(H,18,21,24)/t9-,11?/m1/s1. The molecular formula is C16H19BrN4O4S. The SMILES string of the molecule is C[C@@H](Nc1ccc(Br)cc1C(=O)NCC(O)CO)C(=O)Nc1nccs1. The zero-order chi connectivity index (χ0) is 19.1. The normalized spacial score (nSPS) is 12.9. The Morgan fingerprint density at radius 1 is 1.38 bits per heavy atom. The highest BCUT2D eigenvalue weighted by Crippen LogP contribution is 2.22. The monoisotopic (exact) mass is 442 g/mol. The second kappa shape index (κ2) is 9.62. The van der Waals surface area contributed by atoms with Crippen LogP contribution in [0.2, 0.25) is 0 Å². The van der Waals surface area contributed by atoms with Gasteiger partial charge in [-0.05, 0) is 25.1 Å². The first-order valence-electron chi connectivity index (χ1n) is 7.74. The van der Waals surface area contributed by atoms with E-state index in [1.165, 1.54) is 11.3 Å². The summed E-state index contributed by atoms with van der Waals surface area (Å²) in [6, 6.07) is 4.41. The second-order valence-electron chi connectivity index (χ2n) is 5.43. The molecule has 1 aromatic heterocycles. The molecule has 8 nitrogen and oxygen atoms in total. The van der Waals surface area contributed by atoms with Crippen molar-refractivity contribution in [2.75, 3.05) is 23.8 Å². The van der Waals surface area contributed by atoms with Crippen molar-refractivity contribution in [1.29, 1.82) is 0 Å². The van der Waals surface area contributed by atoms with Gasteiger partial charge in [-0.2, -0.15) is 0 Å². The zero-order valence-corrected chi connectivity index (χ0v) is 16.3. The van der Waals surface area contributed by atoms with Crippen molar-refractivity contribution in [3.05, 3.63) is 39.8 Å². The molecule has 1 aromatic carbocycles. The summed E-state index contributed by atoms with van der Waals surface area (Å²) in [4.78, 5) is 28.6. The molecule has 0 aliphatic rings. The van der Waals surface area contributed by atoms with Gasteiger partial charge in [0.25, 0.3) is 5.91 Å². The first-order chi connectivity index (χ1) is 12.4. The molecule has 1 heterocycles. The maximum Gasteiger partial charge on any atom is 0.253 e. The number of aromatic nitrogens is 1. The van der Waals surface area contributed by atoms with Crippen molar-refractivity contribution in [1.82, 2.24) is 10.3 Å². The number of aliphatic hydroxyl groups excluding tert-OH is 2. The summed E-state index contributed by atoms with van der Waals surface area (Å²) < 4.78 is 0.691. The van der Waals surface area contributed by atoms with E-state index in [4.69, 9.17) is 5.11 Å². The number of thiazole rings is 1. The van der Waals surface area contributed by atoms with Gasteiger partial charge in [0.2, 0.25) is 5.91 Å². The van der Waals surface area contributed by atoms with Crippen LogP contribution in [0.15, 0.2) is 34.2 Å². The lowest BCUT2D eigenvalue weighted by Crippen LogP contribution is -2.35. The van der Waals surface area contributed by atoms with E-state index in [-0.39, 0.29) is 12.5 Å². The van der Waals surface area contributed by atoms with E-state index in [0.717, 1.165) is 0 Å². The topological polar surface area (TPSA) is 124 Å². The molecular weight excluding hydrogens is 424 g/mol. The van der Waals surface area contributed by atoms with E-state index in [2.05, 4.69) is 36.9 Å². The maximum atomic E-state index is 12.4. The van der Waals surface area contributed by atoms with Crippen LogP contribution in [0.4, 0.5) is 10.8 Å². The third-order valence-corrected chi connectivity index (χ3v) is 4.54. The number of carbonyl (C=O) groups is 2. The number of benzene rings is 1. The number of anilines is 2. The highest BCUT2D eigenvalue weighted by molar-refractivity contribution is 9.10. The molecule has 0 spiro atoms. The Morgan fingerprint density at radius 3 is 2.81 bits per heavy atom. The van der Waals surface area contributed by atoms with Gasteiger partial charge in [0.1, 0.15) is 6.04 Å². The highest BCUT2D eigenvalue weighted by atomic mass is 79.9. The average molecular weight is 443 g/mol. The summed E-state index contributed by atoms with van der Waals surface area (Å²) in [5.74, 6) is -0.723. The van der Waals surface area contributed by atoms with Gasteiger partial charge in [0.05, 0.1) is 18.3 Å². The number of amides is 2. The summed E-state index contributed by atoms with van der Waals surface area (Å²) in [6.45, 7) is 1.14. The van der Waals surface area contributed by atoms with Crippen LogP contribution in [0, 0.1) is 0 Å². The fourth-order valence-corrected chi connectivity index (χ4v) is 2.89. The molecule has 2 rings (SSSR count). The first kappa shape index (κ1) is 20.3. The predicted molar refractivity (Wildman–Crippen MR) is 103 cm³/mol. The maximum absolute atomic E-state index is 12.4. The van der Waals surface area contributed by atoms with Gasteiger partial charge in [0.15, 0.2) is 5.13 Å². The van der Waals surface area contributed by atoms with Crippen LogP contribution in [0.25, 0.3) is 0 Å². The van der Waals surface area contributed by atoms with Crippen LogP contribution in [0.3, 0.4) is 0 Å². The largest absolute Gasteiger partial charge is 0.394 e. The van der Waals surface area contributed by atoms with Gasteiger partial charge in [-0.15, -0.1) is 11.3 Å². The first-order valence-corrected chi connectivity index (χ1v) is 9.41. The Labute approximate surface area is 162 Å². The molecule has 2 atom stereocenters. The Balaban J connectivity index is 2.08. The lowest BCUT2D eigenvalue weighted by molar-refractivity contribution is -0.116. The molecule has 5 N–H and O–H groups in total. The van der Waals surface area contributed by atoms with Crippen molar-refractivity contribution >= 4 is 49.9 Å². The van der Waals surface area contributed by atoms with Crippen molar-refractivity contribution in [3.8, 4) is 0 Å². The number of hydrogen-bond acceptors (Lipinski definition) is 7. The minimum absolute atomic E-state index is 0.0820. The number of hydrogen-bond donors (Lipinski definition) is 5. The third-order valence-electron chi connectivity index (χ3n) is 3.36. The Morgan fingerprint density at radius 2 is 2.15 bits per heavy atom. The molecule has 2 amide bonds. The predicted octanol–water partition coefficient (Wildman–Crippen LogP) is 1.43. The molecule has 0 saturated carbocycles. The summed E-state index contributed by atoms with van der Waals surface area (Å²) in [7, 11) is 0. The molecule has 10 heteroatoms. The van der Waals surface area contributed by atoms with Gasteiger partial charge in [0, 0.05) is 28.3 Å². The van der Waals surface area contributed by atoms with E-state index in [0.29, 0.717) is 20.9 Å². The van der Waals surface area contributed by atoms with Gasteiger partial charge < -0.3 is 26.2 Å². The molecule has 0 aliphatic heterocycles. The number of nitrogens with zero attached hydrogens (tertiary/aromatic N) is 1. The van der Waals surface area contributed by atoms with Crippen LogP contribution >= 0.6 is 27.3 Å². The van der Waals surface area contributed by atoms with E-state index >= 15 is 0 Å². The highest BCUT2D eigenvalue weighted by Gasteiger charge is 2.18. The van der Waals surface area contributed by atoms with Crippen LogP contribution in [0.1, 0.15) is 17.3 Å². The van der Waals surface area contributed by atoms with E-state index in [9.17, 15) is 14.7 Å². The van der Waals surface area contributed by atoms with Gasteiger partial charge in [-0.25, -0.2) is 4.98 Å². The molecule has 140 valence electrons. The minimum atomic E-state index is -1.04. The number of aliphatic hydroxyl groups is 2. The van der Waals surface area contributed by atoms with Crippen molar-refractivity contribution in [3.63, 3.8) is 0 Å². The van der Waals surface area contributed by atoms with Gasteiger partial charge >= 0.3 is 0 Å². The lowest BCUT2D eigenvalue weighted by Gasteiger charge is -2.18. The lowest BCUT2D eigenvalue weighted by atomic mass is 10.1. The van der Waals surface area contributed by atoms with Gasteiger partial charge in [-0.3, -0.25) is 9.59 Å². The molecule has 1 unspecified atom stereocenters. The zero-order valence-electron chi connectivity index (χ0n) is 13.9. The molecule has 2 aromatic rings. The summed E-state index contributed by atoms with van der Waals surface area (Å²) in [5.41, 5.74) is 0.768. The van der Waals surface area contributed by atoms with E-state index < -0.39 is 24.7 Å². The number of carbonyl (C=O) groups excluding carboxylic acids is 2. The van der Waals surface area contributed by atoms with Crippen molar-refractivity contribution in [2.45, 2.75) is 19.1 Å². The van der Waals surface area contributed by atoms with E-state index in [1.807, 2.05) is 0 Å². The van der Waals surface area contributed by atoms with Crippen molar-refractivity contribution < 1.29 is 19.8 Å². The number of halogens is 1. The van der Waals surface area contributed by atoms with Crippen LogP contribution < -0.4 is 16.0 Å². The Kier molecular flexibility index (Phi) is 7.51. The molecule has 0 bridgehead atoms. The van der Waals surface area contributed by atoms with Crippen LogP contribution in [-0.2, 0) is 4.79 Å². The van der Waals surface area contributed by atoms with E-state index in [1.54, 1.807) is 36.7 Å². The van der Waals surface area contributed by atoms with Crippen LogP contribution in [0.5, 0.6) is 0 Å². The summed E-state index contributed by atoms with van der Waals surface area (Å²) >= 11 is 4.62. The Hall–Kier alpha value is -2.01. The smallest absolute Gasteiger partial charge is 0.253 e. The summed E-state index contributed by atoms with van der Waals surface area (Å²) in [5, 5.41) is 28.7. The molecule has 0 saturated heterocycles. The van der Waals surface area contributed by atoms with Gasteiger partial charge in [-0.1, -0.05) is 15.9 Å². The third kappa shape index (κ3) is 5.77. The average Bonchev–Trinajstić information content (AvgIpc) is 3.13. The minimum Gasteiger partial charge on any atom is -0.394 e. The Bertz CT molecular complexity index is 757.